The molecule has 0 fully saturated rings. The minimum Gasteiger partial charge on any atom is -0.493 e. The Bertz CT molecular complexity index is 597. The van der Waals surface area contributed by atoms with Crippen molar-refractivity contribution in [2.45, 2.75) is 13.3 Å². The Hall–Kier alpha value is -1.59. The summed E-state index contributed by atoms with van der Waals surface area (Å²) in [5, 5.41) is 10.7. The van der Waals surface area contributed by atoms with Crippen molar-refractivity contribution < 1.29 is 4.74 Å². The van der Waals surface area contributed by atoms with Gasteiger partial charge in [0.2, 0.25) is 0 Å². The number of nitrogens with two attached hydrogens (primary N) is 1. The van der Waals surface area contributed by atoms with Gasteiger partial charge in [-0.3, -0.25) is 5.41 Å². The standard InChI is InChI=1S/C13H14ClN3OS/c1-8-6-9(2-3-10(8)14)18-5-4-12-17-11(7-19-12)13(15)16/h2-3,6-7H,4-5H2,1H3,(H3,15,16). The molecule has 0 aliphatic rings. The highest BCUT2D eigenvalue weighted by molar-refractivity contribution is 7.09. The third-order valence-electron chi connectivity index (χ3n) is 2.54. The van der Waals surface area contributed by atoms with Crippen LogP contribution in [0.25, 0.3) is 0 Å². The average Bonchev–Trinajstić information content (AvgIpc) is 2.83. The second kappa shape index (κ2) is 6.04. The van der Waals surface area contributed by atoms with Gasteiger partial charge in [0.05, 0.1) is 11.6 Å². The van der Waals surface area contributed by atoms with Crippen LogP contribution in [0, 0.1) is 12.3 Å². The van der Waals surface area contributed by atoms with Crippen LogP contribution in [0.5, 0.6) is 5.75 Å². The zero-order valence-electron chi connectivity index (χ0n) is 10.4. The first-order valence-electron chi connectivity index (χ1n) is 5.74. The van der Waals surface area contributed by atoms with Gasteiger partial charge >= 0.3 is 0 Å². The van der Waals surface area contributed by atoms with Crippen LogP contribution in [-0.2, 0) is 6.42 Å². The van der Waals surface area contributed by atoms with E-state index in [0.717, 1.165) is 21.3 Å². The van der Waals surface area contributed by atoms with Gasteiger partial charge in [-0.1, -0.05) is 11.6 Å². The molecule has 6 heteroatoms. The first-order chi connectivity index (χ1) is 9.06. The van der Waals surface area contributed by atoms with Gasteiger partial charge in [-0.15, -0.1) is 11.3 Å². The molecule has 4 nitrogen and oxygen atoms in total. The normalized spacial score (nSPS) is 10.4. The first kappa shape index (κ1) is 13.8. The maximum Gasteiger partial charge on any atom is 0.142 e. The number of hydrogen-bond donors (Lipinski definition) is 2. The van der Waals surface area contributed by atoms with Crippen molar-refractivity contribution in [3.05, 3.63) is 44.9 Å². The Morgan fingerprint density at radius 2 is 2.32 bits per heavy atom. The maximum absolute atomic E-state index is 7.28. The van der Waals surface area contributed by atoms with Crippen LogP contribution < -0.4 is 10.5 Å². The van der Waals surface area contributed by atoms with Gasteiger partial charge in [0, 0.05) is 16.8 Å². The van der Waals surface area contributed by atoms with Crippen LogP contribution in [0.2, 0.25) is 5.02 Å². The van der Waals surface area contributed by atoms with Crippen LogP contribution in [0.3, 0.4) is 0 Å². The fourth-order valence-corrected chi connectivity index (χ4v) is 2.41. The summed E-state index contributed by atoms with van der Waals surface area (Å²) in [4.78, 5) is 4.24. The fourth-order valence-electron chi connectivity index (χ4n) is 1.51. The smallest absolute Gasteiger partial charge is 0.142 e. The molecule has 0 bridgehead atoms. The Morgan fingerprint density at radius 3 is 2.95 bits per heavy atom. The molecule has 3 N–H and O–H groups in total. The number of nitrogen functional groups attached to an aromatic ring is 1. The van der Waals surface area contributed by atoms with Crippen molar-refractivity contribution in [3.63, 3.8) is 0 Å². The molecule has 0 unspecified atom stereocenters. The highest BCUT2D eigenvalue weighted by atomic mass is 35.5. The summed E-state index contributed by atoms with van der Waals surface area (Å²) in [6, 6.07) is 5.58. The number of ether oxygens (including phenoxy) is 1. The molecule has 0 amide bonds. The monoisotopic (exact) mass is 295 g/mol. The van der Waals surface area contributed by atoms with Crippen LogP contribution in [0.1, 0.15) is 16.3 Å². The quantitative estimate of drug-likeness (QED) is 0.658. The topological polar surface area (TPSA) is 72.0 Å². The average molecular weight is 296 g/mol. The number of aromatic nitrogens is 1. The Kier molecular flexibility index (Phi) is 4.39. The van der Waals surface area contributed by atoms with E-state index < -0.39 is 0 Å². The number of thiazole rings is 1. The van der Waals surface area contributed by atoms with E-state index in [1.807, 2.05) is 25.1 Å². The third-order valence-corrected chi connectivity index (χ3v) is 3.87. The lowest BCUT2D eigenvalue weighted by Crippen LogP contribution is -2.11. The number of rotatable bonds is 5. The molecule has 0 saturated carbocycles. The van der Waals surface area contributed by atoms with Gasteiger partial charge in [0.25, 0.3) is 0 Å². The van der Waals surface area contributed by atoms with Crippen molar-refractivity contribution in [2.24, 2.45) is 5.73 Å². The summed E-state index contributed by atoms with van der Waals surface area (Å²) in [5.41, 5.74) is 6.88. The largest absolute Gasteiger partial charge is 0.493 e. The van der Waals surface area contributed by atoms with E-state index in [1.54, 1.807) is 5.38 Å². The van der Waals surface area contributed by atoms with E-state index in [9.17, 15) is 0 Å². The summed E-state index contributed by atoms with van der Waals surface area (Å²) < 4.78 is 5.64. The van der Waals surface area contributed by atoms with Crippen LogP contribution >= 0.6 is 22.9 Å². The highest BCUT2D eigenvalue weighted by Crippen LogP contribution is 2.21. The van der Waals surface area contributed by atoms with Crippen LogP contribution in [0.4, 0.5) is 0 Å². The van der Waals surface area contributed by atoms with Gasteiger partial charge in [0.1, 0.15) is 17.3 Å². The number of hydrogen-bond acceptors (Lipinski definition) is 4. The minimum atomic E-state index is -0.00301. The molecule has 100 valence electrons. The summed E-state index contributed by atoms with van der Waals surface area (Å²) in [5.74, 6) is 0.794. The third kappa shape index (κ3) is 3.68. The lowest BCUT2D eigenvalue weighted by atomic mass is 10.2. The SMILES string of the molecule is Cc1cc(OCCc2nc(C(=N)N)cs2)ccc1Cl. The van der Waals surface area contributed by atoms with Gasteiger partial charge < -0.3 is 10.5 Å². The zero-order valence-corrected chi connectivity index (χ0v) is 12.0. The first-order valence-corrected chi connectivity index (χ1v) is 7.00. The van der Waals surface area contributed by atoms with Crippen molar-refractivity contribution in [1.82, 2.24) is 4.98 Å². The zero-order chi connectivity index (χ0) is 13.8. The highest BCUT2D eigenvalue weighted by Gasteiger charge is 2.05. The molecule has 0 atom stereocenters. The molecular weight excluding hydrogens is 282 g/mol. The van der Waals surface area contributed by atoms with Crippen molar-refractivity contribution in [3.8, 4) is 5.75 Å². The Balaban J connectivity index is 1.88. The summed E-state index contributed by atoms with van der Waals surface area (Å²) >= 11 is 7.43. The predicted molar refractivity (Wildman–Crippen MR) is 78.5 cm³/mol. The fraction of sp³-hybridized carbons (Fsp3) is 0.231. The van der Waals surface area contributed by atoms with Gasteiger partial charge in [0.15, 0.2) is 0 Å². The number of nitrogens with one attached hydrogen (secondary N) is 1. The molecule has 0 aliphatic heterocycles. The maximum atomic E-state index is 7.28. The molecule has 2 aromatic rings. The lowest BCUT2D eigenvalue weighted by Gasteiger charge is -2.06. The van der Waals surface area contributed by atoms with Gasteiger partial charge in [-0.2, -0.15) is 0 Å². The molecule has 1 heterocycles. The Labute approximate surface area is 120 Å². The van der Waals surface area contributed by atoms with E-state index in [0.29, 0.717) is 18.7 Å². The molecule has 1 aromatic carbocycles. The van der Waals surface area contributed by atoms with E-state index in [-0.39, 0.29) is 5.84 Å². The predicted octanol–water partition coefficient (Wildman–Crippen LogP) is 3.01. The van der Waals surface area contributed by atoms with E-state index in [1.165, 1.54) is 11.3 Å². The van der Waals surface area contributed by atoms with E-state index >= 15 is 0 Å². The molecule has 2 rings (SSSR count). The summed E-state index contributed by atoms with van der Waals surface area (Å²) in [6.45, 7) is 2.47. The van der Waals surface area contributed by atoms with Gasteiger partial charge in [-0.05, 0) is 30.7 Å². The van der Waals surface area contributed by atoms with Crippen molar-refractivity contribution >= 4 is 28.8 Å². The minimum absolute atomic E-state index is 0.00301. The number of benzene rings is 1. The molecule has 0 aliphatic carbocycles. The molecule has 1 aromatic heterocycles. The lowest BCUT2D eigenvalue weighted by molar-refractivity contribution is 0.321. The number of amidine groups is 1. The molecule has 0 radical (unpaired) electrons. The van der Waals surface area contributed by atoms with Crippen molar-refractivity contribution in [2.75, 3.05) is 6.61 Å². The Morgan fingerprint density at radius 1 is 1.53 bits per heavy atom. The molecule has 19 heavy (non-hydrogen) atoms. The number of halogens is 1. The van der Waals surface area contributed by atoms with E-state index in [4.69, 9.17) is 27.5 Å². The van der Waals surface area contributed by atoms with Crippen molar-refractivity contribution in [1.29, 1.82) is 5.41 Å². The number of nitrogens with zero attached hydrogens (tertiary/aromatic N) is 1. The molecular formula is C13H14ClN3OS. The summed E-state index contributed by atoms with van der Waals surface area (Å²) in [7, 11) is 0. The second-order valence-corrected chi connectivity index (χ2v) is 5.40. The molecule has 0 spiro atoms. The second-order valence-electron chi connectivity index (χ2n) is 4.05. The molecule has 0 saturated heterocycles. The van der Waals surface area contributed by atoms with Gasteiger partial charge in [-0.25, -0.2) is 4.98 Å². The van der Waals surface area contributed by atoms with Crippen LogP contribution in [-0.4, -0.2) is 17.4 Å². The number of aryl methyl sites for hydroxylation is 1. The van der Waals surface area contributed by atoms with E-state index in [2.05, 4.69) is 4.98 Å². The summed E-state index contributed by atoms with van der Waals surface area (Å²) in [6.07, 6.45) is 0.694. The van der Waals surface area contributed by atoms with Crippen LogP contribution in [0.15, 0.2) is 23.6 Å².